The second-order valence-electron chi connectivity index (χ2n) is 4.19. The van der Waals surface area contributed by atoms with E-state index < -0.39 is 0 Å². The van der Waals surface area contributed by atoms with Crippen molar-refractivity contribution in [1.82, 2.24) is 4.98 Å². The Balaban J connectivity index is 2.39. The maximum Gasteiger partial charge on any atom is 0.190 e. The fraction of sp³-hybridized carbons (Fsp3) is 0.286. The van der Waals surface area contributed by atoms with E-state index in [0.29, 0.717) is 11.4 Å². The fourth-order valence-corrected chi connectivity index (χ4v) is 2.92. The summed E-state index contributed by atoms with van der Waals surface area (Å²) in [5, 5.41) is 0.761. The van der Waals surface area contributed by atoms with Crippen molar-refractivity contribution in [3.8, 4) is 0 Å². The molecule has 0 radical (unpaired) electrons. The zero-order chi connectivity index (χ0) is 14.0. The number of aryl methyl sites for hydroxylation is 1. The molecule has 5 heteroatoms. The lowest BCUT2D eigenvalue weighted by atomic mass is 10.3. The monoisotopic (exact) mass is 278 g/mol. The predicted molar refractivity (Wildman–Crippen MR) is 75.9 cm³/mol. The van der Waals surface area contributed by atoms with Crippen LogP contribution in [0.15, 0.2) is 24.3 Å². The maximum atomic E-state index is 13.0. The van der Waals surface area contributed by atoms with Gasteiger partial charge in [-0.15, -0.1) is 0 Å². The molecule has 100 valence electrons. The van der Waals surface area contributed by atoms with Gasteiger partial charge in [-0.2, -0.15) is 0 Å². The number of ketones is 1. The fourth-order valence-electron chi connectivity index (χ4n) is 1.87. The summed E-state index contributed by atoms with van der Waals surface area (Å²) in [6.45, 7) is 6.07. The van der Waals surface area contributed by atoms with E-state index in [0.717, 1.165) is 16.5 Å². The summed E-state index contributed by atoms with van der Waals surface area (Å²) in [5.74, 6) is -0.240. The Hall–Kier alpha value is -1.75. The number of carbonyl (C=O) groups is 1. The van der Waals surface area contributed by atoms with Crippen molar-refractivity contribution < 1.29 is 9.18 Å². The van der Waals surface area contributed by atoms with Crippen molar-refractivity contribution >= 4 is 27.9 Å². The number of aromatic nitrogens is 1. The zero-order valence-corrected chi connectivity index (χ0v) is 11.9. The van der Waals surface area contributed by atoms with E-state index in [-0.39, 0.29) is 11.6 Å². The van der Waals surface area contributed by atoms with Crippen molar-refractivity contribution in [2.75, 3.05) is 11.4 Å². The van der Waals surface area contributed by atoms with Gasteiger partial charge in [0.15, 0.2) is 10.9 Å². The first-order chi connectivity index (χ1) is 9.02. The first kappa shape index (κ1) is 13.7. The molecule has 0 aliphatic heterocycles. The lowest BCUT2D eigenvalue weighted by Gasteiger charge is -2.19. The molecule has 0 amide bonds. The highest BCUT2D eigenvalue weighted by atomic mass is 32.1. The Bertz CT molecular complexity index is 592. The summed E-state index contributed by atoms with van der Waals surface area (Å²) in [4.78, 5) is 18.5. The lowest BCUT2D eigenvalue weighted by Crippen LogP contribution is -2.15. The first-order valence-corrected chi connectivity index (χ1v) is 6.86. The molecule has 0 atom stereocenters. The van der Waals surface area contributed by atoms with E-state index in [1.54, 1.807) is 19.1 Å². The number of hydrogen-bond acceptors (Lipinski definition) is 4. The molecule has 0 unspecified atom stereocenters. The van der Waals surface area contributed by atoms with Crippen LogP contribution in [0, 0.1) is 12.7 Å². The Morgan fingerprint density at radius 2 is 2.00 bits per heavy atom. The number of halogens is 1. The smallest absolute Gasteiger partial charge is 0.190 e. The van der Waals surface area contributed by atoms with Gasteiger partial charge in [-0.25, -0.2) is 9.37 Å². The van der Waals surface area contributed by atoms with E-state index in [4.69, 9.17) is 0 Å². The summed E-state index contributed by atoms with van der Waals surface area (Å²) in [6, 6.07) is 6.26. The van der Waals surface area contributed by atoms with E-state index in [2.05, 4.69) is 4.98 Å². The van der Waals surface area contributed by atoms with Crippen molar-refractivity contribution in [2.45, 2.75) is 20.8 Å². The number of nitrogens with zero attached hydrogens (tertiary/aromatic N) is 2. The third kappa shape index (κ3) is 2.81. The Kier molecular flexibility index (Phi) is 3.95. The highest BCUT2D eigenvalue weighted by Gasteiger charge is 2.16. The molecule has 2 rings (SSSR count). The van der Waals surface area contributed by atoms with Crippen LogP contribution in [0.4, 0.5) is 15.2 Å². The quantitative estimate of drug-likeness (QED) is 0.794. The van der Waals surface area contributed by atoms with E-state index in [1.165, 1.54) is 23.5 Å². The van der Waals surface area contributed by atoms with Crippen molar-refractivity contribution in [1.29, 1.82) is 0 Å². The molecule has 0 N–H and O–H groups in total. The summed E-state index contributed by atoms with van der Waals surface area (Å²) in [6.07, 6.45) is 0. The summed E-state index contributed by atoms with van der Waals surface area (Å²) >= 11 is 1.37. The molecule has 1 heterocycles. The van der Waals surface area contributed by atoms with Crippen LogP contribution in [-0.2, 0) is 0 Å². The second-order valence-corrected chi connectivity index (χ2v) is 5.17. The van der Waals surface area contributed by atoms with Gasteiger partial charge in [-0.3, -0.25) is 4.79 Å². The van der Waals surface area contributed by atoms with Crippen molar-refractivity contribution in [3.63, 3.8) is 0 Å². The molecule has 0 aliphatic rings. The van der Waals surface area contributed by atoms with Gasteiger partial charge in [0.2, 0.25) is 0 Å². The maximum absolute atomic E-state index is 13.0. The van der Waals surface area contributed by atoms with Gasteiger partial charge >= 0.3 is 0 Å². The first-order valence-electron chi connectivity index (χ1n) is 6.04. The minimum atomic E-state index is -0.264. The number of Topliss-reactive ketones (excluding diaryl/α,β-unsaturated/α-hetero) is 1. The Morgan fingerprint density at radius 3 is 2.47 bits per heavy atom. The highest BCUT2D eigenvalue weighted by molar-refractivity contribution is 7.17. The summed E-state index contributed by atoms with van der Waals surface area (Å²) in [5.41, 5.74) is 1.61. The van der Waals surface area contributed by atoms with Crippen LogP contribution in [0.5, 0.6) is 0 Å². The largest absolute Gasteiger partial charge is 0.318 e. The van der Waals surface area contributed by atoms with Crippen LogP contribution in [0.2, 0.25) is 0 Å². The van der Waals surface area contributed by atoms with Crippen LogP contribution in [0.25, 0.3) is 0 Å². The van der Waals surface area contributed by atoms with Crippen LogP contribution < -0.4 is 4.90 Å². The third-order valence-electron chi connectivity index (χ3n) is 2.79. The van der Waals surface area contributed by atoms with Gasteiger partial charge in [-0.1, -0.05) is 11.3 Å². The molecule has 0 saturated heterocycles. The minimum absolute atomic E-state index is 0.0245. The van der Waals surface area contributed by atoms with Gasteiger partial charge in [-0.05, 0) is 38.1 Å². The topological polar surface area (TPSA) is 33.2 Å². The van der Waals surface area contributed by atoms with E-state index in [1.807, 2.05) is 18.7 Å². The molecule has 1 aromatic carbocycles. The number of anilines is 2. The zero-order valence-electron chi connectivity index (χ0n) is 11.1. The molecule has 0 saturated carbocycles. The number of benzene rings is 1. The number of hydrogen-bond donors (Lipinski definition) is 0. The van der Waals surface area contributed by atoms with Gasteiger partial charge in [0.1, 0.15) is 5.82 Å². The van der Waals surface area contributed by atoms with Gasteiger partial charge in [0.25, 0.3) is 0 Å². The molecular weight excluding hydrogens is 263 g/mol. The van der Waals surface area contributed by atoms with Crippen molar-refractivity contribution in [2.24, 2.45) is 0 Å². The molecule has 1 aromatic heterocycles. The number of rotatable bonds is 4. The van der Waals surface area contributed by atoms with Crippen LogP contribution >= 0.6 is 11.3 Å². The van der Waals surface area contributed by atoms with E-state index in [9.17, 15) is 9.18 Å². The normalized spacial score (nSPS) is 10.5. The summed E-state index contributed by atoms with van der Waals surface area (Å²) < 4.78 is 13.0. The van der Waals surface area contributed by atoms with Crippen molar-refractivity contribution in [3.05, 3.63) is 40.7 Å². The van der Waals surface area contributed by atoms with Gasteiger partial charge in [0.05, 0.1) is 10.6 Å². The Morgan fingerprint density at radius 1 is 1.37 bits per heavy atom. The van der Waals surface area contributed by atoms with Gasteiger partial charge in [0, 0.05) is 19.2 Å². The minimum Gasteiger partial charge on any atom is -0.318 e. The predicted octanol–water partition coefficient (Wildman–Crippen LogP) is 3.95. The van der Waals surface area contributed by atoms with Crippen LogP contribution in [0.1, 0.15) is 29.2 Å². The number of carbonyl (C=O) groups excluding carboxylic acids is 1. The average Bonchev–Trinajstić information content (AvgIpc) is 2.75. The standard InChI is InChI=1S/C14H15FN2OS/c1-4-17(12-7-5-11(15)6-8-12)14-16-9(2)13(19-14)10(3)18/h5-8H,4H2,1-3H3. The van der Waals surface area contributed by atoms with Gasteiger partial charge < -0.3 is 4.90 Å². The van der Waals surface area contributed by atoms with Crippen LogP contribution in [0.3, 0.4) is 0 Å². The second kappa shape index (κ2) is 5.48. The number of thiazole rings is 1. The molecule has 0 fully saturated rings. The summed E-state index contributed by atoms with van der Waals surface area (Å²) in [7, 11) is 0. The van der Waals surface area contributed by atoms with E-state index >= 15 is 0 Å². The SMILES string of the molecule is CCN(c1ccc(F)cc1)c1nc(C)c(C(C)=O)s1. The lowest BCUT2D eigenvalue weighted by molar-refractivity contribution is 0.102. The molecule has 0 spiro atoms. The molecular formula is C14H15FN2OS. The van der Waals surface area contributed by atoms with Crippen LogP contribution in [-0.4, -0.2) is 17.3 Å². The molecule has 0 bridgehead atoms. The highest BCUT2D eigenvalue weighted by Crippen LogP contribution is 2.31. The molecule has 2 aromatic rings. The average molecular weight is 278 g/mol. The molecule has 3 nitrogen and oxygen atoms in total. The molecule has 19 heavy (non-hydrogen) atoms. The Labute approximate surface area is 115 Å². The third-order valence-corrected chi connectivity index (χ3v) is 4.07. The molecule has 0 aliphatic carbocycles.